The molecule has 1 unspecified atom stereocenters. The number of nitrogens with one attached hydrogen (secondary N) is 3. The molecule has 0 saturated carbocycles. The average Bonchev–Trinajstić information content (AvgIpc) is 3.62. The lowest BCUT2D eigenvalue weighted by Gasteiger charge is -2.29. The van der Waals surface area contributed by atoms with Crippen molar-refractivity contribution in [1.82, 2.24) is 34.9 Å². The van der Waals surface area contributed by atoms with E-state index in [1.807, 2.05) is 27.7 Å². The zero-order chi connectivity index (χ0) is 42.2. The fourth-order valence-electron chi connectivity index (χ4n) is 9.29. The van der Waals surface area contributed by atoms with Gasteiger partial charge in [-0.25, -0.2) is 0 Å². The van der Waals surface area contributed by atoms with Crippen LogP contribution in [0.1, 0.15) is 92.7 Å². The number of hydrogen-bond acceptors (Lipinski definition) is 5. The quantitative estimate of drug-likeness (QED) is 0.111. The van der Waals surface area contributed by atoms with Gasteiger partial charge >= 0.3 is 0 Å². The molecule has 10 nitrogen and oxygen atoms in total. The maximum Gasteiger partial charge on any atom is 0.227 e. The Labute approximate surface area is 350 Å². The lowest BCUT2D eigenvalue weighted by Crippen LogP contribution is -2.41. The molecule has 0 spiro atoms. The van der Waals surface area contributed by atoms with E-state index in [0.717, 1.165) is 56.6 Å². The number of carbonyl (C=O) groups is 3. The first-order valence-electron chi connectivity index (χ1n) is 21.6. The number of rotatable bonds is 14. The van der Waals surface area contributed by atoms with E-state index in [4.69, 9.17) is 0 Å². The highest BCUT2D eigenvalue weighted by Crippen LogP contribution is 2.35. The molecular formula is C49H65N7O3. The molecule has 4 heterocycles. The fourth-order valence-corrected chi connectivity index (χ4v) is 9.29. The van der Waals surface area contributed by atoms with Gasteiger partial charge in [-0.2, -0.15) is 0 Å². The third-order valence-corrected chi connectivity index (χ3v) is 12.2. The fraction of sp³-hybridized carbons (Fsp3) is 0.490. The Bertz CT molecular complexity index is 2370. The number of hydrogen-bond donors (Lipinski definition) is 3. The van der Waals surface area contributed by atoms with Crippen molar-refractivity contribution in [3.63, 3.8) is 0 Å². The second-order valence-corrected chi connectivity index (χ2v) is 18.7. The molecule has 5 aromatic rings. The minimum absolute atomic E-state index is 0.0107. The Morgan fingerprint density at radius 2 is 1.36 bits per heavy atom. The van der Waals surface area contributed by atoms with Gasteiger partial charge in [0.25, 0.3) is 0 Å². The van der Waals surface area contributed by atoms with Crippen molar-refractivity contribution in [2.24, 2.45) is 11.3 Å². The molecule has 3 N–H and O–H groups in total. The zero-order valence-electron chi connectivity index (χ0n) is 36.8. The number of nitrogens with zero attached hydrogens (tertiary/aromatic N) is 4. The van der Waals surface area contributed by atoms with Crippen LogP contribution in [0.15, 0.2) is 60.7 Å². The second-order valence-electron chi connectivity index (χ2n) is 18.7. The van der Waals surface area contributed by atoms with Crippen LogP contribution in [0.3, 0.4) is 0 Å². The summed E-state index contributed by atoms with van der Waals surface area (Å²) in [5, 5.41) is 11.9. The molecule has 3 aromatic carbocycles. The van der Waals surface area contributed by atoms with E-state index in [2.05, 4.69) is 130 Å². The second kappa shape index (κ2) is 17.3. The molecule has 314 valence electrons. The number of amides is 3. The molecule has 1 atom stereocenters. The van der Waals surface area contributed by atoms with Gasteiger partial charge in [-0.05, 0) is 109 Å². The monoisotopic (exact) mass is 800 g/mol. The Balaban J connectivity index is 1.04. The highest BCUT2D eigenvalue weighted by molar-refractivity contribution is 5.89. The molecule has 10 heteroatoms. The summed E-state index contributed by atoms with van der Waals surface area (Å²) in [5.41, 5.74) is 11.8. The van der Waals surface area contributed by atoms with Gasteiger partial charge in [0.15, 0.2) is 0 Å². The summed E-state index contributed by atoms with van der Waals surface area (Å²) in [6.45, 7) is 22.2. The minimum atomic E-state index is -0.604. The zero-order valence-corrected chi connectivity index (χ0v) is 36.8. The maximum absolute atomic E-state index is 13.9. The molecule has 2 aliphatic heterocycles. The first-order valence-corrected chi connectivity index (χ1v) is 21.6. The topological polar surface area (TPSA) is 104 Å². The van der Waals surface area contributed by atoms with E-state index in [-0.39, 0.29) is 36.2 Å². The van der Waals surface area contributed by atoms with Gasteiger partial charge in [-0.3, -0.25) is 19.3 Å². The minimum Gasteiger partial charge on any atom is -0.354 e. The smallest absolute Gasteiger partial charge is 0.227 e. The first kappa shape index (κ1) is 42.2. The summed E-state index contributed by atoms with van der Waals surface area (Å²) >= 11 is 0. The van der Waals surface area contributed by atoms with Gasteiger partial charge in [0.1, 0.15) is 0 Å². The van der Waals surface area contributed by atoms with Crippen LogP contribution < -0.4 is 16.0 Å². The van der Waals surface area contributed by atoms with E-state index in [9.17, 15) is 14.4 Å². The van der Waals surface area contributed by atoms with Gasteiger partial charge in [0.05, 0.1) is 11.3 Å². The van der Waals surface area contributed by atoms with Crippen LogP contribution in [0.25, 0.3) is 21.8 Å². The molecule has 2 aliphatic rings. The van der Waals surface area contributed by atoms with Gasteiger partial charge in [0, 0.05) is 117 Å². The summed E-state index contributed by atoms with van der Waals surface area (Å²) in [4.78, 5) is 45.2. The Morgan fingerprint density at radius 3 is 2.03 bits per heavy atom. The molecule has 0 bridgehead atoms. The Kier molecular flexibility index (Phi) is 12.4. The predicted molar refractivity (Wildman–Crippen MR) is 238 cm³/mol. The maximum atomic E-state index is 13.9. The van der Waals surface area contributed by atoms with Gasteiger partial charge in [0.2, 0.25) is 17.7 Å². The van der Waals surface area contributed by atoms with Crippen molar-refractivity contribution in [3.05, 3.63) is 105 Å². The normalized spacial score (nSPS) is 15.4. The molecule has 0 aliphatic carbocycles. The molecule has 0 saturated heterocycles. The third kappa shape index (κ3) is 9.44. The number of benzene rings is 3. The standard InChI is InChI=1S/C49H65N7O3/c1-31(2)51-46(57)24-37(47(58)52-32(3)4)27-55-42-15-13-33(5)22-39(42)41-29-54(20-18-44(41)55)26-36-12-10-11-35(23-36)25-50-48(59)49(7,8)30-56-43-16-14-34(6)21-38(43)40-28-53(9)19-17-45(40)56/h10-16,21-23,31-32,37H,17-20,24-30H2,1-9H3,(H,50,59)(H,51,57)(H,52,58). The number of carbonyl (C=O) groups excluding carboxylic acids is 3. The van der Waals surface area contributed by atoms with Crippen LogP contribution in [0.4, 0.5) is 0 Å². The third-order valence-electron chi connectivity index (χ3n) is 12.2. The van der Waals surface area contributed by atoms with Crippen LogP contribution >= 0.6 is 0 Å². The first-order chi connectivity index (χ1) is 28.1. The van der Waals surface area contributed by atoms with Crippen molar-refractivity contribution < 1.29 is 14.4 Å². The largest absolute Gasteiger partial charge is 0.354 e. The SMILES string of the molecule is Cc1ccc2c(c1)c1c(n2CC(CC(=O)NC(C)C)C(=O)NC(C)C)CCN(Cc2cccc(CNC(=O)C(C)(C)Cn3c4c(c5cc(C)ccc53)CN(C)CC4)c2)C1. The number of fused-ring (bicyclic) bond motifs is 6. The van der Waals surface area contributed by atoms with Crippen LogP contribution in [0.2, 0.25) is 0 Å². The van der Waals surface area contributed by atoms with E-state index in [1.165, 1.54) is 55.5 Å². The molecule has 7 rings (SSSR count). The van der Waals surface area contributed by atoms with Crippen LogP contribution in [-0.4, -0.2) is 68.9 Å². The van der Waals surface area contributed by atoms with E-state index in [0.29, 0.717) is 19.6 Å². The molecule has 2 aromatic heterocycles. The van der Waals surface area contributed by atoms with Crippen molar-refractivity contribution in [3.8, 4) is 0 Å². The lowest BCUT2D eigenvalue weighted by molar-refractivity contribution is -0.131. The van der Waals surface area contributed by atoms with Crippen molar-refractivity contribution in [1.29, 1.82) is 0 Å². The van der Waals surface area contributed by atoms with Crippen LogP contribution in [0, 0.1) is 25.2 Å². The predicted octanol–water partition coefficient (Wildman–Crippen LogP) is 7.16. The Morgan fingerprint density at radius 1 is 0.746 bits per heavy atom. The number of aryl methyl sites for hydroxylation is 2. The Hall–Kier alpha value is -4.93. The summed E-state index contributed by atoms with van der Waals surface area (Å²) in [7, 11) is 2.19. The molecule has 0 radical (unpaired) electrons. The average molecular weight is 800 g/mol. The van der Waals surface area contributed by atoms with E-state index in [1.54, 1.807) is 0 Å². The summed E-state index contributed by atoms with van der Waals surface area (Å²) in [6, 6.07) is 21.9. The van der Waals surface area contributed by atoms with Crippen LogP contribution in [-0.2, 0) is 66.5 Å². The number of likely N-dealkylation sites (N-methyl/N-ethyl adjacent to an activating group) is 1. The summed E-state index contributed by atoms with van der Waals surface area (Å²) in [5.74, 6) is -0.628. The highest BCUT2D eigenvalue weighted by Gasteiger charge is 2.33. The summed E-state index contributed by atoms with van der Waals surface area (Å²) in [6.07, 6.45) is 1.97. The lowest BCUT2D eigenvalue weighted by atomic mass is 9.91. The molecule has 3 amide bonds. The highest BCUT2D eigenvalue weighted by atomic mass is 16.2. The van der Waals surface area contributed by atoms with E-state index >= 15 is 0 Å². The van der Waals surface area contributed by atoms with Crippen molar-refractivity contribution in [2.75, 3.05) is 20.1 Å². The molecular weight excluding hydrogens is 735 g/mol. The van der Waals surface area contributed by atoms with Gasteiger partial charge in [-0.15, -0.1) is 0 Å². The van der Waals surface area contributed by atoms with E-state index < -0.39 is 11.3 Å². The van der Waals surface area contributed by atoms with Crippen molar-refractivity contribution >= 4 is 39.5 Å². The van der Waals surface area contributed by atoms with Gasteiger partial charge < -0.3 is 30.0 Å². The number of aromatic nitrogens is 2. The van der Waals surface area contributed by atoms with Crippen LogP contribution in [0.5, 0.6) is 0 Å². The summed E-state index contributed by atoms with van der Waals surface area (Å²) < 4.78 is 4.72. The van der Waals surface area contributed by atoms with Gasteiger partial charge in [-0.1, -0.05) is 47.5 Å². The van der Waals surface area contributed by atoms with Crippen molar-refractivity contribution in [2.45, 2.75) is 126 Å². The molecule has 0 fully saturated rings. The molecule has 59 heavy (non-hydrogen) atoms.